The number of carbonyl (C=O) groups is 2. The maximum absolute atomic E-state index is 13.0. The number of furan rings is 1. The minimum atomic E-state index is -0.474. The Morgan fingerprint density at radius 1 is 1.32 bits per heavy atom. The molecular formula is C19H28N2O4. The molecule has 3 rings (SSSR count). The van der Waals surface area contributed by atoms with Crippen molar-refractivity contribution in [3.8, 4) is 0 Å². The normalized spacial score (nSPS) is 22.6. The quantitative estimate of drug-likeness (QED) is 0.822. The zero-order valence-electron chi connectivity index (χ0n) is 15.0. The second kappa shape index (κ2) is 7.93. The van der Waals surface area contributed by atoms with Crippen molar-refractivity contribution in [3.63, 3.8) is 0 Å². The fraction of sp³-hybridized carbons (Fsp3) is 0.684. The molecule has 6 heteroatoms. The van der Waals surface area contributed by atoms with E-state index in [1.807, 2.05) is 24.0 Å². The summed E-state index contributed by atoms with van der Waals surface area (Å²) in [6.45, 7) is 2.89. The van der Waals surface area contributed by atoms with Crippen molar-refractivity contribution in [2.75, 3.05) is 13.2 Å². The number of nitrogens with zero attached hydrogens (tertiary/aromatic N) is 1. The van der Waals surface area contributed by atoms with Gasteiger partial charge in [-0.05, 0) is 44.7 Å². The summed E-state index contributed by atoms with van der Waals surface area (Å²) in [6, 6.07) is 3.67. The van der Waals surface area contributed by atoms with Gasteiger partial charge in [0.2, 0.25) is 0 Å². The Hall–Kier alpha value is -1.98. The van der Waals surface area contributed by atoms with Crippen molar-refractivity contribution in [2.45, 2.75) is 69.9 Å². The van der Waals surface area contributed by atoms with Crippen LogP contribution in [0.25, 0.3) is 0 Å². The van der Waals surface area contributed by atoms with Gasteiger partial charge < -0.3 is 19.4 Å². The van der Waals surface area contributed by atoms with Gasteiger partial charge in [0.1, 0.15) is 5.76 Å². The Bertz CT molecular complexity index is 578. The van der Waals surface area contributed by atoms with Crippen LogP contribution in [0.1, 0.15) is 70.1 Å². The van der Waals surface area contributed by atoms with Gasteiger partial charge in [0.05, 0.1) is 30.9 Å². The van der Waals surface area contributed by atoms with Crippen molar-refractivity contribution in [1.29, 1.82) is 0 Å². The lowest BCUT2D eigenvalue weighted by atomic mass is 9.79. The molecule has 1 aliphatic heterocycles. The average molecular weight is 348 g/mol. The number of hydrogen-bond acceptors (Lipinski definition) is 4. The summed E-state index contributed by atoms with van der Waals surface area (Å²) in [5, 5.41) is 3.20. The molecule has 2 amide bonds. The third-order valence-electron chi connectivity index (χ3n) is 5.36. The van der Waals surface area contributed by atoms with Crippen molar-refractivity contribution in [1.82, 2.24) is 10.2 Å². The predicted octanol–water partition coefficient (Wildman–Crippen LogP) is 3.78. The number of esters is 1. The minimum absolute atomic E-state index is 0.0155. The van der Waals surface area contributed by atoms with Crippen molar-refractivity contribution in [3.05, 3.63) is 24.2 Å². The Morgan fingerprint density at radius 2 is 2.12 bits per heavy atom. The second-order valence-electron chi connectivity index (χ2n) is 7.12. The zero-order valence-corrected chi connectivity index (χ0v) is 15.0. The Labute approximate surface area is 148 Å². The average Bonchev–Trinajstić information content (AvgIpc) is 3.27. The van der Waals surface area contributed by atoms with Crippen molar-refractivity contribution < 1.29 is 18.7 Å². The van der Waals surface area contributed by atoms with Crippen LogP contribution in [0.3, 0.4) is 0 Å². The molecule has 138 valence electrons. The summed E-state index contributed by atoms with van der Waals surface area (Å²) in [5.74, 6) is 0.601. The van der Waals surface area contributed by atoms with E-state index in [4.69, 9.17) is 9.15 Å². The van der Waals surface area contributed by atoms with E-state index in [9.17, 15) is 9.59 Å². The molecule has 1 atom stereocenters. The molecule has 6 nitrogen and oxygen atoms in total. The van der Waals surface area contributed by atoms with E-state index in [0.29, 0.717) is 13.2 Å². The Kier molecular flexibility index (Phi) is 5.66. The molecule has 2 fully saturated rings. The van der Waals surface area contributed by atoms with Gasteiger partial charge in [-0.15, -0.1) is 0 Å². The van der Waals surface area contributed by atoms with Gasteiger partial charge in [0.15, 0.2) is 0 Å². The molecular weight excluding hydrogens is 320 g/mol. The molecule has 0 radical (unpaired) electrons. The van der Waals surface area contributed by atoms with Gasteiger partial charge in [-0.2, -0.15) is 0 Å². The fourth-order valence-electron chi connectivity index (χ4n) is 4.15. The molecule has 0 aromatic carbocycles. The number of nitrogens with one attached hydrogen (secondary N) is 1. The molecule has 1 aromatic heterocycles. The molecule has 2 aliphatic rings. The van der Waals surface area contributed by atoms with Crippen LogP contribution in [-0.2, 0) is 9.53 Å². The van der Waals surface area contributed by atoms with Crippen LogP contribution in [0.5, 0.6) is 0 Å². The number of hydrogen-bond donors (Lipinski definition) is 1. The summed E-state index contributed by atoms with van der Waals surface area (Å²) >= 11 is 0. The molecule has 0 spiro atoms. The Morgan fingerprint density at radius 3 is 2.80 bits per heavy atom. The van der Waals surface area contributed by atoms with E-state index in [-0.39, 0.29) is 24.5 Å². The van der Waals surface area contributed by atoms with Crippen LogP contribution in [0.15, 0.2) is 22.8 Å². The third-order valence-corrected chi connectivity index (χ3v) is 5.36. The molecule has 1 saturated carbocycles. The minimum Gasteiger partial charge on any atom is -0.467 e. The highest BCUT2D eigenvalue weighted by Gasteiger charge is 2.40. The van der Waals surface area contributed by atoms with E-state index in [1.54, 1.807) is 6.26 Å². The van der Waals surface area contributed by atoms with Gasteiger partial charge >= 0.3 is 12.0 Å². The Balaban J connectivity index is 1.70. The monoisotopic (exact) mass is 348 g/mol. The van der Waals surface area contributed by atoms with E-state index in [2.05, 4.69) is 5.32 Å². The summed E-state index contributed by atoms with van der Waals surface area (Å²) in [4.78, 5) is 26.9. The van der Waals surface area contributed by atoms with Gasteiger partial charge in [-0.3, -0.25) is 4.79 Å². The molecule has 1 saturated heterocycles. The van der Waals surface area contributed by atoms with Crippen LogP contribution in [0.4, 0.5) is 4.79 Å². The van der Waals surface area contributed by atoms with E-state index in [1.165, 1.54) is 0 Å². The van der Waals surface area contributed by atoms with Gasteiger partial charge in [0.25, 0.3) is 0 Å². The third kappa shape index (κ3) is 4.17. The van der Waals surface area contributed by atoms with E-state index in [0.717, 1.165) is 50.7 Å². The summed E-state index contributed by atoms with van der Waals surface area (Å²) in [6.07, 6.45) is 8.64. The number of ether oxygens (including phenoxy) is 1. The molecule has 1 aromatic rings. The van der Waals surface area contributed by atoms with Crippen LogP contribution >= 0.6 is 0 Å². The molecule has 0 bridgehead atoms. The SMILES string of the molecule is CCOC(=O)CC1(NC(=O)N2CCCC2c2ccco2)CCCCC1. The van der Waals surface area contributed by atoms with Crippen molar-refractivity contribution in [2.24, 2.45) is 0 Å². The second-order valence-corrected chi connectivity index (χ2v) is 7.12. The lowest BCUT2D eigenvalue weighted by molar-refractivity contribution is -0.145. The molecule has 1 unspecified atom stereocenters. The molecule has 25 heavy (non-hydrogen) atoms. The first-order valence-electron chi connectivity index (χ1n) is 9.41. The number of amides is 2. The van der Waals surface area contributed by atoms with Crippen molar-refractivity contribution >= 4 is 12.0 Å². The highest BCUT2D eigenvalue weighted by molar-refractivity contribution is 5.78. The number of rotatable bonds is 5. The van der Waals surface area contributed by atoms with Crippen LogP contribution in [0.2, 0.25) is 0 Å². The standard InChI is InChI=1S/C19H28N2O4/c1-2-24-17(22)14-19(10-4-3-5-11-19)20-18(23)21-12-6-8-15(21)16-9-7-13-25-16/h7,9,13,15H,2-6,8,10-12,14H2,1H3,(H,20,23). The number of carbonyl (C=O) groups excluding carboxylic acids is 2. The zero-order chi connectivity index (χ0) is 17.7. The topological polar surface area (TPSA) is 71.8 Å². The first kappa shape index (κ1) is 17.8. The van der Waals surface area contributed by atoms with Gasteiger partial charge in [-0.1, -0.05) is 19.3 Å². The maximum Gasteiger partial charge on any atom is 0.318 e. The highest BCUT2D eigenvalue weighted by atomic mass is 16.5. The van der Waals surface area contributed by atoms with Crippen LogP contribution in [0, 0.1) is 0 Å². The van der Waals surface area contributed by atoms with Gasteiger partial charge in [0, 0.05) is 6.54 Å². The fourth-order valence-corrected chi connectivity index (χ4v) is 4.15. The lowest BCUT2D eigenvalue weighted by Gasteiger charge is -2.39. The summed E-state index contributed by atoms with van der Waals surface area (Å²) in [7, 11) is 0. The molecule has 1 aliphatic carbocycles. The first-order valence-corrected chi connectivity index (χ1v) is 9.41. The maximum atomic E-state index is 13.0. The van der Waals surface area contributed by atoms with Crippen LogP contribution in [-0.4, -0.2) is 35.6 Å². The number of urea groups is 1. The number of likely N-dealkylation sites (tertiary alicyclic amines) is 1. The van der Waals surface area contributed by atoms with Gasteiger partial charge in [-0.25, -0.2) is 4.79 Å². The summed E-state index contributed by atoms with van der Waals surface area (Å²) in [5.41, 5.74) is -0.474. The van der Waals surface area contributed by atoms with E-state index >= 15 is 0 Å². The van der Waals surface area contributed by atoms with E-state index < -0.39 is 5.54 Å². The molecule has 1 N–H and O–H groups in total. The smallest absolute Gasteiger partial charge is 0.318 e. The predicted molar refractivity (Wildman–Crippen MR) is 93.0 cm³/mol. The largest absolute Gasteiger partial charge is 0.467 e. The van der Waals surface area contributed by atoms with Crippen LogP contribution < -0.4 is 5.32 Å². The lowest BCUT2D eigenvalue weighted by Crippen LogP contribution is -2.55. The first-order chi connectivity index (χ1) is 12.1. The summed E-state index contributed by atoms with van der Waals surface area (Å²) < 4.78 is 10.7. The molecule has 2 heterocycles. The highest BCUT2D eigenvalue weighted by Crippen LogP contribution is 2.35.